The summed E-state index contributed by atoms with van der Waals surface area (Å²) in [7, 11) is 2.83. The van der Waals surface area contributed by atoms with Gasteiger partial charge < -0.3 is 24.8 Å². The Hall–Kier alpha value is -4.19. The van der Waals surface area contributed by atoms with Gasteiger partial charge in [-0.15, -0.1) is 0 Å². The fourth-order valence-corrected chi connectivity index (χ4v) is 3.74. The van der Waals surface area contributed by atoms with Crippen molar-refractivity contribution < 1.29 is 28.6 Å². The smallest absolute Gasteiger partial charge is 0.415 e. The number of nitrogens with zero attached hydrogens (tertiary/aromatic N) is 4. The molecular weight excluding hydrogens is 480 g/mol. The van der Waals surface area contributed by atoms with Crippen LogP contribution in [0.3, 0.4) is 0 Å². The molecule has 2 N–H and O–H groups in total. The van der Waals surface area contributed by atoms with Crippen molar-refractivity contribution in [2.75, 3.05) is 31.0 Å². The van der Waals surface area contributed by atoms with E-state index in [1.54, 1.807) is 45.0 Å². The lowest BCUT2D eigenvalue weighted by molar-refractivity contribution is 0.0582. The number of carbonyl (C=O) groups excluding carboxylic acids is 3. The Morgan fingerprint density at radius 2 is 2.00 bits per heavy atom. The highest BCUT2D eigenvalue weighted by Gasteiger charge is 2.26. The Morgan fingerprint density at radius 1 is 1.24 bits per heavy atom. The van der Waals surface area contributed by atoms with Crippen LogP contribution in [0, 0.1) is 0 Å². The van der Waals surface area contributed by atoms with Crippen LogP contribution in [-0.4, -0.2) is 65.0 Å². The molecule has 2 amide bonds. The lowest BCUT2D eigenvalue weighted by atomic mass is 10.1. The lowest BCUT2D eigenvalue weighted by Crippen LogP contribution is -2.36. The molecule has 37 heavy (non-hydrogen) atoms. The first-order chi connectivity index (χ1) is 17.5. The number of hydrogen-bond donors (Lipinski definition) is 2. The van der Waals surface area contributed by atoms with Gasteiger partial charge in [-0.2, -0.15) is 9.61 Å². The molecule has 0 fully saturated rings. The van der Waals surface area contributed by atoms with Gasteiger partial charge in [-0.1, -0.05) is 6.07 Å². The number of nitrogens with one attached hydrogen (secondary N) is 2. The van der Waals surface area contributed by atoms with Gasteiger partial charge >= 0.3 is 12.1 Å². The first-order valence-corrected chi connectivity index (χ1v) is 11.7. The maximum atomic E-state index is 13.1. The number of methoxy groups -OCH3 is 1. The average Bonchev–Trinajstić information content (AvgIpc) is 3.25. The molecule has 12 nitrogen and oxygen atoms in total. The Balaban J connectivity index is 1.90. The van der Waals surface area contributed by atoms with E-state index in [0.29, 0.717) is 11.5 Å². The maximum absolute atomic E-state index is 13.1. The van der Waals surface area contributed by atoms with Gasteiger partial charge in [-0.3, -0.25) is 9.69 Å². The molecule has 0 spiro atoms. The third kappa shape index (κ3) is 5.64. The number of benzene rings is 1. The SMILES string of the molecule is COC(=O)c1ccc2cc1Nc1cc(N(C)C(=O)OC(C)(C)C)n3ncc(c3n1)C(=O)N[C@H](C)COC2. The number of amides is 2. The van der Waals surface area contributed by atoms with Crippen LogP contribution < -0.4 is 15.5 Å². The number of rotatable bonds is 2. The second-order valence-corrected chi connectivity index (χ2v) is 9.72. The summed E-state index contributed by atoms with van der Waals surface area (Å²) in [6, 6.07) is 6.44. The predicted octanol–water partition coefficient (Wildman–Crippen LogP) is 3.28. The number of ether oxygens (including phenoxy) is 3. The molecule has 0 aliphatic carbocycles. The normalized spacial score (nSPS) is 15.9. The zero-order chi connectivity index (χ0) is 26.9. The predicted molar refractivity (Wildman–Crippen MR) is 135 cm³/mol. The van der Waals surface area contributed by atoms with E-state index < -0.39 is 23.6 Å². The summed E-state index contributed by atoms with van der Waals surface area (Å²) in [5.74, 6) is -0.380. The van der Waals surface area contributed by atoms with Gasteiger partial charge in [0.25, 0.3) is 5.91 Å². The van der Waals surface area contributed by atoms with Crippen LogP contribution in [0.25, 0.3) is 5.65 Å². The number of carbonyl (C=O) groups is 3. The molecule has 4 bridgehead atoms. The van der Waals surface area contributed by atoms with Gasteiger partial charge in [0.15, 0.2) is 5.65 Å². The summed E-state index contributed by atoms with van der Waals surface area (Å²) < 4.78 is 17.6. The van der Waals surface area contributed by atoms with E-state index in [2.05, 4.69) is 20.7 Å². The summed E-state index contributed by atoms with van der Waals surface area (Å²) in [4.78, 5) is 44.3. The van der Waals surface area contributed by atoms with E-state index in [1.807, 2.05) is 6.92 Å². The van der Waals surface area contributed by atoms with Crippen LogP contribution >= 0.6 is 0 Å². The van der Waals surface area contributed by atoms with Crippen LogP contribution in [0.4, 0.5) is 22.1 Å². The largest absolute Gasteiger partial charge is 0.465 e. The number of esters is 1. The fourth-order valence-electron chi connectivity index (χ4n) is 3.74. The number of fused-ring (bicyclic) bond motifs is 3. The van der Waals surface area contributed by atoms with Crippen LogP contribution in [0.1, 0.15) is 54.0 Å². The molecule has 1 aromatic carbocycles. The molecule has 0 saturated carbocycles. The van der Waals surface area contributed by atoms with Crippen LogP contribution in [0.5, 0.6) is 0 Å². The minimum absolute atomic E-state index is 0.202. The molecule has 12 heteroatoms. The molecule has 0 saturated heterocycles. The molecule has 0 unspecified atom stereocenters. The molecule has 3 aromatic rings. The topological polar surface area (TPSA) is 136 Å². The Kier molecular flexibility index (Phi) is 7.03. The second-order valence-electron chi connectivity index (χ2n) is 9.72. The quantitative estimate of drug-likeness (QED) is 0.498. The van der Waals surface area contributed by atoms with Crippen LogP contribution in [-0.2, 0) is 20.8 Å². The minimum atomic E-state index is -0.727. The van der Waals surface area contributed by atoms with Crippen LogP contribution in [0.2, 0.25) is 0 Å². The van der Waals surface area contributed by atoms with E-state index in [0.717, 1.165) is 5.56 Å². The monoisotopic (exact) mass is 510 g/mol. The third-order valence-electron chi connectivity index (χ3n) is 5.47. The molecule has 4 rings (SSSR count). The molecule has 3 heterocycles. The van der Waals surface area contributed by atoms with E-state index in [4.69, 9.17) is 14.2 Å². The highest BCUT2D eigenvalue weighted by Crippen LogP contribution is 2.28. The number of anilines is 3. The molecule has 196 valence electrons. The first kappa shape index (κ1) is 25.9. The second kappa shape index (κ2) is 10.1. The zero-order valence-electron chi connectivity index (χ0n) is 21.6. The van der Waals surface area contributed by atoms with Crippen molar-refractivity contribution in [1.29, 1.82) is 0 Å². The van der Waals surface area contributed by atoms with Crippen molar-refractivity contribution in [2.24, 2.45) is 0 Å². The van der Waals surface area contributed by atoms with E-state index >= 15 is 0 Å². The average molecular weight is 511 g/mol. The molecule has 2 aromatic heterocycles. The number of aromatic nitrogens is 3. The molecule has 1 atom stereocenters. The Bertz CT molecular complexity index is 1360. The Morgan fingerprint density at radius 3 is 2.70 bits per heavy atom. The summed E-state index contributed by atoms with van der Waals surface area (Å²) in [5, 5.41) is 10.3. The molecule has 1 aliphatic rings. The van der Waals surface area contributed by atoms with E-state index in [-0.39, 0.29) is 41.8 Å². The van der Waals surface area contributed by atoms with Crippen molar-refractivity contribution in [3.63, 3.8) is 0 Å². The minimum Gasteiger partial charge on any atom is -0.465 e. The highest BCUT2D eigenvalue weighted by molar-refractivity contribution is 6.01. The van der Waals surface area contributed by atoms with Crippen molar-refractivity contribution in [1.82, 2.24) is 19.9 Å². The van der Waals surface area contributed by atoms with Gasteiger partial charge in [-0.25, -0.2) is 14.6 Å². The highest BCUT2D eigenvalue weighted by atomic mass is 16.6. The lowest BCUT2D eigenvalue weighted by Gasteiger charge is -2.25. The zero-order valence-corrected chi connectivity index (χ0v) is 21.6. The summed E-state index contributed by atoms with van der Waals surface area (Å²) in [6.07, 6.45) is 0.762. The Labute approximate surface area is 213 Å². The van der Waals surface area contributed by atoms with Gasteiger partial charge in [-0.05, 0) is 45.4 Å². The van der Waals surface area contributed by atoms with Gasteiger partial charge in [0.05, 0.1) is 37.8 Å². The van der Waals surface area contributed by atoms with Crippen molar-refractivity contribution in [3.05, 3.63) is 47.2 Å². The summed E-state index contributed by atoms with van der Waals surface area (Å²) in [5.41, 5.74) is 1.17. The van der Waals surface area contributed by atoms with E-state index in [1.165, 1.54) is 29.8 Å². The van der Waals surface area contributed by atoms with Gasteiger partial charge in [0.2, 0.25) is 0 Å². The molecule has 0 radical (unpaired) electrons. The van der Waals surface area contributed by atoms with E-state index in [9.17, 15) is 14.4 Å². The van der Waals surface area contributed by atoms with Gasteiger partial charge in [0.1, 0.15) is 22.8 Å². The molecular formula is C25H30N6O6. The fraction of sp³-hybridized carbons (Fsp3) is 0.400. The molecule has 1 aliphatic heterocycles. The first-order valence-electron chi connectivity index (χ1n) is 11.7. The third-order valence-corrected chi connectivity index (χ3v) is 5.47. The summed E-state index contributed by atoms with van der Waals surface area (Å²) in [6.45, 7) is 7.64. The standard InChI is InChI=1S/C25H30N6O6/c1-14-12-36-13-15-7-8-16(23(33)35-6)18(9-15)28-19-10-20(30(5)24(34)37-25(2,3)4)31-21(29-19)17(11-26-31)22(32)27-14/h7-11,14H,12-13H2,1-6H3,(H,27,32)(H,28,29)/t14-/m1/s1. The number of hydrogen-bond acceptors (Lipinski definition) is 9. The van der Waals surface area contributed by atoms with Crippen molar-refractivity contribution in [2.45, 2.75) is 45.9 Å². The maximum Gasteiger partial charge on any atom is 0.415 e. The van der Waals surface area contributed by atoms with Crippen LogP contribution in [0.15, 0.2) is 30.5 Å². The van der Waals surface area contributed by atoms with Crippen molar-refractivity contribution >= 4 is 40.9 Å². The summed E-state index contributed by atoms with van der Waals surface area (Å²) >= 11 is 0. The van der Waals surface area contributed by atoms with Crippen molar-refractivity contribution in [3.8, 4) is 0 Å². The van der Waals surface area contributed by atoms with Gasteiger partial charge in [0, 0.05) is 19.2 Å².